The van der Waals surface area contributed by atoms with Gasteiger partial charge in [-0.1, -0.05) is 0 Å². The maximum atomic E-state index is 13.2. The molecule has 0 bridgehead atoms. The van der Waals surface area contributed by atoms with Gasteiger partial charge >= 0.3 is 5.88 Å². The maximum Gasteiger partial charge on any atom is 0.433 e. The van der Waals surface area contributed by atoms with E-state index in [2.05, 4.69) is 5.32 Å². The Balaban J connectivity index is 1.58. The molecular formula is C21H19N3O7S. The van der Waals surface area contributed by atoms with Crippen molar-refractivity contribution in [3.63, 3.8) is 0 Å². The molecule has 3 aromatic rings. The molecule has 0 fully saturated rings. The summed E-state index contributed by atoms with van der Waals surface area (Å²) in [4.78, 5) is 22.5. The van der Waals surface area contributed by atoms with Gasteiger partial charge in [0.25, 0.3) is 15.9 Å². The molecule has 0 saturated carbocycles. The molecule has 1 aliphatic rings. The van der Waals surface area contributed by atoms with Crippen LogP contribution in [0.25, 0.3) is 0 Å². The molecule has 10 nitrogen and oxygen atoms in total. The van der Waals surface area contributed by atoms with E-state index in [1.165, 1.54) is 29.6 Å². The third kappa shape index (κ3) is 4.02. The number of benzene rings is 2. The predicted octanol–water partition coefficient (Wildman–Crippen LogP) is 3.59. The van der Waals surface area contributed by atoms with Gasteiger partial charge in [-0.25, -0.2) is 8.42 Å². The first kappa shape index (κ1) is 21.4. The molecule has 166 valence electrons. The standard InChI is InChI=1S/C21H19N3O7S/c1-30-16-5-7-17(8-6-16)32(28,29)23-12-2-3-14-13-15(4-9-18(14)23)22-21(25)19-10-11-20(31-19)24(26)27/h4-11,13H,2-3,12H2,1H3,(H,22,25). The Morgan fingerprint density at radius 1 is 1.16 bits per heavy atom. The molecule has 0 aliphatic carbocycles. The summed E-state index contributed by atoms with van der Waals surface area (Å²) < 4.78 is 37.8. The Morgan fingerprint density at radius 3 is 2.56 bits per heavy atom. The molecule has 1 aliphatic heterocycles. The molecule has 11 heteroatoms. The number of aryl methyl sites for hydroxylation is 1. The van der Waals surface area contributed by atoms with Crippen LogP contribution in [0.5, 0.6) is 5.75 Å². The van der Waals surface area contributed by atoms with Crippen molar-refractivity contribution in [2.45, 2.75) is 17.7 Å². The van der Waals surface area contributed by atoms with E-state index in [-0.39, 0.29) is 10.7 Å². The molecule has 0 saturated heterocycles. The van der Waals surface area contributed by atoms with Gasteiger partial charge in [-0.05, 0) is 66.9 Å². The number of ether oxygens (including phenoxy) is 1. The monoisotopic (exact) mass is 457 g/mol. The number of amides is 1. The lowest BCUT2D eigenvalue weighted by Gasteiger charge is -2.31. The fourth-order valence-corrected chi connectivity index (χ4v) is 5.05. The summed E-state index contributed by atoms with van der Waals surface area (Å²) in [5.74, 6) is -0.806. The molecule has 0 radical (unpaired) electrons. The van der Waals surface area contributed by atoms with Gasteiger partial charge in [-0.2, -0.15) is 0 Å². The molecule has 1 aromatic heterocycles. The SMILES string of the molecule is COc1ccc(S(=O)(=O)N2CCCc3cc(NC(=O)c4ccc([N+](=O)[O-])o4)ccc32)cc1. The highest BCUT2D eigenvalue weighted by Gasteiger charge is 2.29. The van der Waals surface area contributed by atoms with E-state index in [0.29, 0.717) is 36.5 Å². The van der Waals surface area contributed by atoms with E-state index in [1.807, 2.05) is 0 Å². The van der Waals surface area contributed by atoms with Crippen LogP contribution >= 0.6 is 0 Å². The van der Waals surface area contributed by atoms with Crippen LogP contribution in [0, 0.1) is 10.1 Å². The molecule has 2 heterocycles. The van der Waals surface area contributed by atoms with Gasteiger partial charge in [-0.3, -0.25) is 19.2 Å². The minimum absolute atomic E-state index is 0.156. The van der Waals surface area contributed by atoms with E-state index in [1.54, 1.807) is 30.3 Å². The molecular weight excluding hydrogens is 438 g/mol. The molecule has 32 heavy (non-hydrogen) atoms. The lowest BCUT2D eigenvalue weighted by molar-refractivity contribution is -0.402. The number of carbonyl (C=O) groups is 1. The Bertz CT molecular complexity index is 1280. The van der Waals surface area contributed by atoms with Crippen LogP contribution in [-0.2, 0) is 16.4 Å². The molecule has 0 atom stereocenters. The smallest absolute Gasteiger partial charge is 0.433 e. The van der Waals surface area contributed by atoms with Crippen LogP contribution in [0.2, 0.25) is 0 Å². The molecule has 0 spiro atoms. The summed E-state index contributed by atoms with van der Waals surface area (Å²) in [5.41, 5.74) is 1.73. The molecule has 0 unspecified atom stereocenters. The number of nitrogens with zero attached hydrogens (tertiary/aromatic N) is 2. The predicted molar refractivity (Wildman–Crippen MR) is 116 cm³/mol. The first-order valence-corrected chi connectivity index (χ1v) is 11.1. The van der Waals surface area contributed by atoms with Gasteiger partial charge in [0.05, 0.1) is 23.8 Å². The summed E-state index contributed by atoms with van der Waals surface area (Å²) >= 11 is 0. The fourth-order valence-electron chi connectivity index (χ4n) is 3.51. The van der Waals surface area contributed by atoms with E-state index >= 15 is 0 Å². The summed E-state index contributed by atoms with van der Waals surface area (Å²) in [5, 5.41) is 13.3. The lowest BCUT2D eigenvalue weighted by atomic mass is 10.0. The van der Waals surface area contributed by atoms with Crippen LogP contribution in [0.1, 0.15) is 22.5 Å². The van der Waals surface area contributed by atoms with E-state index in [0.717, 1.165) is 11.6 Å². The van der Waals surface area contributed by atoms with E-state index in [9.17, 15) is 23.3 Å². The third-order valence-corrected chi connectivity index (χ3v) is 6.88. The third-order valence-electron chi connectivity index (χ3n) is 5.06. The van der Waals surface area contributed by atoms with Gasteiger partial charge < -0.3 is 14.5 Å². The highest BCUT2D eigenvalue weighted by atomic mass is 32.2. The average Bonchev–Trinajstić information content (AvgIpc) is 3.29. The minimum atomic E-state index is -3.77. The number of hydrogen-bond acceptors (Lipinski definition) is 7. The summed E-state index contributed by atoms with van der Waals surface area (Å²) in [6.45, 7) is 0.336. The largest absolute Gasteiger partial charge is 0.497 e. The first-order chi connectivity index (χ1) is 15.3. The quantitative estimate of drug-likeness (QED) is 0.442. The van der Waals surface area contributed by atoms with Crippen LogP contribution in [0.4, 0.5) is 17.3 Å². The van der Waals surface area contributed by atoms with Gasteiger partial charge in [0.1, 0.15) is 10.7 Å². The normalized spacial score (nSPS) is 13.3. The number of rotatable bonds is 6. The number of anilines is 2. The fraction of sp³-hybridized carbons (Fsp3) is 0.190. The minimum Gasteiger partial charge on any atom is -0.497 e. The number of hydrogen-bond donors (Lipinski definition) is 1. The van der Waals surface area contributed by atoms with Crippen molar-refractivity contribution in [3.05, 3.63) is 76.0 Å². The van der Waals surface area contributed by atoms with Crippen LogP contribution in [0.15, 0.2) is 63.9 Å². The average molecular weight is 457 g/mol. The van der Waals surface area contributed by atoms with Crippen molar-refractivity contribution in [1.29, 1.82) is 0 Å². The zero-order valence-corrected chi connectivity index (χ0v) is 17.8. The van der Waals surface area contributed by atoms with Crippen molar-refractivity contribution >= 4 is 33.2 Å². The van der Waals surface area contributed by atoms with Crippen molar-refractivity contribution in [1.82, 2.24) is 0 Å². The zero-order valence-electron chi connectivity index (χ0n) is 17.0. The van der Waals surface area contributed by atoms with Crippen molar-refractivity contribution in [2.75, 3.05) is 23.3 Å². The topological polar surface area (TPSA) is 132 Å². The van der Waals surface area contributed by atoms with Gasteiger partial charge in [0.15, 0.2) is 5.76 Å². The van der Waals surface area contributed by atoms with E-state index in [4.69, 9.17) is 9.15 Å². The van der Waals surface area contributed by atoms with Crippen molar-refractivity contribution in [3.8, 4) is 5.75 Å². The second kappa shape index (κ2) is 8.35. The Morgan fingerprint density at radius 2 is 1.91 bits per heavy atom. The second-order valence-corrected chi connectivity index (χ2v) is 8.91. The zero-order chi connectivity index (χ0) is 22.9. The van der Waals surface area contributed by atoms with Crippen molar-refractivity contribution < 1.29 is 27.3 Å². The van der Waals surface area contributed by atoms with E-state index < -0.39 is 26.7 Å². The van der Waals surface area contributed by atoms with Crippen molar-refractivity contribution in [2.24, 2.45) is 0 Å². The highest BCUT2D eigenvalue weighted by molar-refractivity contribution is 7.92. The number of carbonyl (C=O) groups excluding carboxylic acids is 1. The lowest BCUT2D eigenvalue weighted by Crippen LogP contribution is -2.35. The molecule has 1 N–H and O–H groups in total. The summed E-state index contributed by atoms with van der Waals surface area (Å²) in [6.07, 6.45) is 1.25. The summed E-state index contributed by atoms with van der Waals surface area (Å²) in [6, 6.07) is 13.4. The van der Waals surface area contributed by atoms with Gasteiger partial charge in [-0.15, -0.1) is 0 Å². The Kier molecular flexibility index (Phi) is 5.57. The second-order valence-electron chi connectivity index (χ2n) is 7.05. The number of methoxy groups -OCH3 is 1. The Hall–Kier alpha value is -3.86. The number of sulfonamides is 1. The number of nitro groups is 1. The number of furan rings is 1. The van der Waals surface area contributed by atoms with Gasteiger partial charge in [0.2, 0.25) is 0 Å². The van der Waals surface area contributed by atoms with Gasteiger partial charge in [0, 0.05) is 12.2 Å². The first-order valence-electron chi connectivity index (χ1n) is 9.65. The van der Waals surface area contributed by atoms with Crippen LogP contribution in [0.3, 0.4) is 0 Å². The number of fused-ring (bicyclic) bond motifs is 1. The summed E-state index contributed by atoms with van der Waals surface area (Å²) in [7, 11) is -2.27. The molecule has 2 aromatic carbocycles. The number of nitrogens with one attached hydrogen (secondary N) is 1. The maximum absolute atomic E-state index is 13.2. The van der Waals surface area contributed by atoms with Crippen LogP contribution < -0.4 is 14.4 Å². The molecule has 4 rings (SSSR count). The highest BCUT2D eigenvalue weighted by Crippen LogP contribution is 2.34. The Labute approximate surface area is 183 Å². The molecule has 1 amide bonds. The van der Waals surface area contributed by atoms with Crippen LogP contribution in [-0.4, -0.2) is 32.9 Å².